The van der Waals surface area contributed by atoms with E-state index in [9.17, 15) is 21.6 Å². The van der Waals surface area contributed by atoms with Crippen LogP contribution >= 0.6 is 0 Å². The molecule has 0 unspecified atom stereocenters. The summed E-state index contributed by atoms with van der Waals surface area (Å²) in [6.45, 7) is 2.74. The van der Waals surface area contributed by atoms with Gasteiger partial charge in [0.15, 0.2) is 0 Å². The summed E-state index contributed by atoms with van der Waals surface area (Å²) in [6, 6.07) is 5.90. The normalized spacial score (nSPS) is 15.8. The standard InChI is InChI=1S/C19H26N4O5S2/c1-14-7-8-15(30(27,28)23-9-5-4-6-10-23)11-17(14)21-19(24)18-12-16(13-22(18)3)29(25,26)20-2/h7-8,11-13,20H,4-6,9-10H2,1-3H3,(H,21,24). The van der Waals surface area contributed by atoms with Crippen LogP contribution in [0.1, 0.15) is 35.3 Å². The molecule has 1 saturated heterocycles. The Morgan fingerprint density at radius 2 is 1.67 bits per heavy atom. The van der Waals surface area contributed by atoms with Crippen molar-refractivity contribution in [1.29, 1.82) is 0 Å². The number of anilines is 1. The minimum Gasteiger partial charge on any atom is -0.345 e. The van der Waals surface area contributed by atoms with Gasteiger partial charge in [0.05, 0.1) is 4.90 Å². The summed E-state index contributed by atoms with van der Waals surface area (Å²) in [5.41, 5.74) is 1.18. The zero-order valence-corrected chi connectivity index (χ0v) is 18.8. The summed E-state index contributed by atoms with van der Waals surface area (Å²) >= 11 is 0. The summed E-state index contributed by atoms with van der Waals surface area (Å²) in [4.78, 5) is 12.9. The Kier molecular flexibility index (Phi) is 6.37. The highest BCUT2D eigenvalue weighted by Crippen LogP contribution is 2.26. The fourth-order valence-corrected chi connectivity index (χ4v) is 5.70. The van der Waals surface area contributed by atoms with Crippen LogP contribution in [0.2, 0.25) is 0 Å². The molecule has 9 nitrogen and oxygen atoms in total. The first-order chi connectivity index (χ1) is 14.1. The van der Waals surface area contributed by atoms with Crippen molar-refractivity contribution in [2.24, 2.45) is 7.05 Å². The van der Waals surface area contributed by atoms with Crippen molar-refractivity contribution in [3.8, 4) is 0 Å². The monoisotopic (exact) mass is 454 g/mol. The number of nitrogens with zero attached hydrogens (tertiary/aromatic N) is 2. The number of nitrogens with one attached hydrogen (secondary N) is 2. The van der Waals surface area contributed by atoms with Crippen molar-refractivity contribution < 1.29 is 21.6 Å². The van der Waals surface area contributed by atoms with E-state index in [2.05, 4.69) is 10.0 Å². The zero-order chi connectivity index (χ0) is 22.1. The molecular formula is C19H26N4O5S2. The Bertz CT molecular complexity index is 1160. The van der Waals surface area contributed by atoms with Crippen LogP contribution in [0, 0.1) is 6.92 Å². The molecule has 30 heavy (non-hydrogen) atoms. The number of benzene rings is 1. The predicted octanol–water partition coefficient (Wildman–Crippen LogP) is 1.67. The van der Waals surface area contributed by atoms with Gasteiger partial charge >= 0.3 is 0 Å². The van der Waals surface area contributed by atoms with Gasteiger partial charge in [0.1, 0.15) is 10.6 Å². The maximum atomic E-state index is 12.9. The number of carbonyl (C=O) groups excluding carboxylic acids is 1. The lowest BCUT2D eigenvalue weighted by Crippen LogP contribution is -2.35. The van der Waals surface area contributed by atoms with Crippen molar-refractivity contribution in [2.75, 3.05) is 25.5 Å². The molecule has 0 radical (unpaired) electrons. The molecule has 11 heteroatoms. The van der Waals surface area contributed by atoms with Crippen LogP contribution in [0.3, 0.4) is 0 Å². The smallest absolute Gasteiger partial charge is 0.272 e. The van der Waals surface area contributed by atoms with Crippen LogP contribution in [0.25, 0.3) is 0 Å². The van der Waals surface area contributed by atoms with Crippen LogP contribution in [-0.2, 0) is 27.1 Å². The SMILES string of the molecule is CNS(=O)(=O)c1cc(C(=O)Nc2cc(S(=O)(=O)N3CCCCC3)ccc2C)n(C)c1. The summed E-state index contributed by atoms with van der Waals surface area (Å²) in [5.74, 6) is -0.536. The van der Waals surface area contributed by atoms with Crippen molar-refractivity contribution in [1.82, 2.24) is 13.6 Å². The van der Waals surface area contributed by atoms with E-state index >= 15 is 0 Å². The molecule has 0 atom stereocenters. The fourth-order valence-electron chi connectivity index (χ4n) is 3.36. The van der Waals surface area contributed by atoms with Crippen LogP contribution in [0.5, 0.6) is 0 Å². The number of rotatable bonds is 6. The molecular weight excluding hydrogens is 428 g/mol. The van der Waals surface area contributed by atoms with Crippen LogP contribution in [0.4, 0.5) is 5.69 Å². The van der Waals surface area contributed by atoms with Gasteiger partial charge in [-0.2, -0.15) is 4.31 Å². The zero-order valence-electron chi connectivity index (χ0n) is 17.2. The van der Waals surface area contributed by atoms with Crippen LogP contribution in [0.15, 0.2) is 40.3 Å². The fraction of sp³-hybridized carbons (Fsp3) is 0.421. The molecule has 1 aromatic heterocycles. The quantitative estimate of drug-likeness (QED) is 0.688. The number of carbonyl (C=O) groups is 1. The molecule has 0 spiro atoms. The van der Waals surface area contributed by atoms with Crippen LogP contribution < -0.4 is 10.0 Å². The van der Waals surface area contributed by atoms with Gasteiger partial charge in [0.2, 0.25) is 20.0 Å². The van der Waals surface area contributed by atoms with Crippen molar-refractivity contribution in [3.05, 3.63) is 41.7 Å². The highest BCUT2D eigenvalue weighted by Gasteiger charge is 2.27. The van der Waals surface area contributed by atoms with E-state index in [1.807, 2.05) is 0 Å². The second-order valence-corrected chi connectivity index (χ2v) is 11.1. The van der Waals surface area contributed by atoms with Crippen molar-refractivity contribution in [3.63, 3.8) is 0 Å². The highest BCUT2D eigenvalue weighted by molar-refractivity contribution is 7.89. The van der Waals surface area contributed by atoms with Gasteiger partial charge in [-0.3, -0.25) is 4.79 Å². The molecule has 1 aliphatic rings. The maximum absolute atomic E-state index is 12.9. The number of aryl methyl sites for hydroxylation is 2. The number of aromatic nitrogens is 1. The molecule has 1 aromatic carbocycles. The second kappa shape index (κ2) is 8.50. The van der Waals surface area contributed by atoms with E-state index in [0.717, 1.165) is 19.3 Å². The van der Waals surface area contributed by atoms with E-state index < -0.39 is 26.0 Å². The molecule has 3 rings (SSSR count). The lowest BCUT2D eigenvalue weighted by Gasteiger charge is -2.26. The maximum Gasteiger partial charge on any atom is 0.272 e. The molecule has 0 aliphatic carbocycles. The lowest BCUT2D eigenvalue weighted by molar-refractivity contribution is 0.101. The Morgan fingerprint density at radius 1 is 1.00 bits per heavy atom. The molecule has 2 N–H and O–H groups in total. The predicted molar refractivity (Wildman–Crippen MR) is 113 cm³/mol. The first-order valence-corrected chi connectivity index (χ1v) is 12.5. The third kappa shape index (κ3) is 4.43. The number of amides is 1. The van der Waals surface area contributed by atoms with Gasteiger partial charge in [0.25, 0.3) is 5.91 Å². The van der Waals surface area contributed by atoms with Gasteiger partial charge in [0, 0.05) is 32.0 Å². The molecule has 0 bridgehead atoms. The topological polar surface area (TPSA) is 118 Å². The molecule has 1 amide bonds. The third-order valence-corrected chi connectivity index (χ3v) is 8.48. The Morgan fingerprint density at radius 3 is 2.30 bits per heavy atom. The number of piperidine rings is 1. The number of hydrogen-bond acceptors (Lipinski definition) is 5. The average molecular weight is 455 g/mol. The van der Waals surface area contributed by atoms with Gasteiger partial charge < -0.3 is 9.88 Å². The van der Waals surface area contributed by atoms with Crippen molar-refractivity contribution in [2.45, 2.75) is 36.0 Å². The number of hydrogen-bond donors (Lipinski definition) is 2. The first-order valence-electron chi connectivity index (χ1n) is 9.58. The minimum atomic E-state index is -3.69. The minimum absolute atomic E-state index is 0.0317. The molecule has 164 valence electrons. The number of sulfonamides is 2. The Balaban J connectivity index is 1.89. The molecule has 2 heterocycles. The summed E-state index contributed by atoms with van der Waals surface area (Å²) in [5, 5.41) is 2.71. The summed E-state index contributed by atoms with van der Waals surface area (Å²) < 4.78 is 54.9. The van der Waals surface area contributed by atoms with E-state index in [4.69, 9.17) is 0 Å². The van der Waals surface area contributed by atoms with Gasteiger partial charge in [-0.1, -0.05) is 12.5 Å². The third-order valence-electron chi connectivity index (χ3n) is 5.20. The molecule has 2 aromatic rings. The highest BCUT2D eigenvalue weighted by atomic mass is 32.2. The van der Waals surface area contributed by atoms with E-state index in [1.54, 1.807) is 20.0 Å². The van der Waals surface area contributed by atoms with E-state index in [-0.39, 0.29) is 15.5 Å². The van der Waals surface area contributed by atoms with Crippen LogP contribution in [-0.4, -0.2) is 51.8 Å². The summed E-state index contributed by atoms with van der Waals surface area (Å²) in [6.07, 6.45) is 4.02. The van der Waals surface area contributed by atoms with Gasteiger partial charge in [-0.15, -0.1) is 0 Å². The Hall–Kier alpha value is -2.21. The average Bonchev–Trinajstić information content (AvgIpc) is 3.13. The summed E-state index contributed by atoms with van der Waals surface area (Å²) in [7, 11) is -4.47. The molecule has 0 saturated carbocycles. The van der Waals surface area contributed by atoms with Gasteiger partial charge in [-0.05, 0) is 50.6 Å². The van der Waals surface area contributed by atoms with Gasteiger partial charge in [-0.25, -0.2) is 21.6 Å². The molecule has 1 aliphatic heterocycles. The largest absolute Gasteiger partial charge is 0.345 e. The molecule has 1 fully saturated rings. The Labute approximate surface area is 177 Å². The van der Waals surface area contributed by atoms with Crippen molar-refractivity contribution >= 4 is 31.6 Å². The van der Waals surface area contributed by atoms with E-state index in [1.165, 1.54) is 40.3 Å². The first kappa shape index (κ1) is 22.5. The van der Waals surface area contributed by atoms with E-state index in [0.29, 0.717) is 24.3 Å². The lowest BCUT2D eigenvalue weighted by atomic mass is 10.2. The second-order valence-electron chi connectivity index (χ2n) is 7.28.